The van der Waals surface area contributed by atoms with Crippen molar-refractivity contribution in [3.8, 4) is 17.9 Å². The number of nitrogens with one attached hydrogen (secondary N) is 1. The summed E-state index contributed by atoms with van der Waals surface area (Å²) in [5.41, 5.74) is 1.89. The van der Waals surface area contributed by atoms with E-state index in [2.05, 4.69) is 22.1 Å². The summed E-state index contributed by atoms with van der Waals surface area (Å²) in [7, 11) is 0. The second-order valence-electron chi connectivity index (χ2n) is 4.07. The Morgan fingerprint density at radius 3 is 2.90 bits per heavy atom. The van der Waals surface area contributed by atoms with E-state index in [0.29, 0.717) is 22.4 Å². The van der Waals surface area contributed by atoms with Crippen LogP contribution in [0, 0.1) is 23.2 Å². The summed E-state index contributed by atoms with van der Waals surface area (Å²) in [6.45, 7) is -0.253. The molecule has 5 nitrogen and oxygen atoms in total. The van der Waals surface area contributed by atoms with E-state index in [1.807, 2.05) is 6.07 Å². The second kappa shape index (κ2) is 6.85. The zero-order chi connectivity index (χ0) is 15.1. The summed E-state index contributed by atoms with van der Waals surface area (Å²) in [5.74, 6) is 4.84. The van der Waals surface area contributed by atoms with Crippen molar-refractivity contribution in [1.29, 1.82) is 5.26 Å². The molecule has 1 heterocycles. The number of carbonyl (C=O) groups excluding carboxylic acids is 1. The van der Waals surface area contributed by atoms with E-state index in [0.717, 1.165) is 0 Å². The van der Waals surface area contributed by atoms with Gasteiger partial charge in [0.15, 0.2) is 0 Å². The number of hydrogen-bond donors (Lipinski definition) is 2. The van der Waals surface area contributed by atoms with Gasteiger partial charge in [-0.05, 0) is 24.3 Å². The van der Waals surface area contributed by atoms with Gasteiger partial charge in [-0.3, -0.25) is 9.78 Å². The van der Waals surface area contributed by atoms with Crippen molar-refractivity contribution in [2.24, 2.45) is 0 Å². The average molecular weight is 277 g/mol. The molecule has 0 spiro atoms. The molecule has 2 rings (SSSR count). The first-order chi connectivity index (χ1) is 10.2. The summed E-state index contributed by atoms with van der Waals surface area (Å²) >= 11 is 0. The molecule has 0 saturated carbocycles. The standard InChI is InChI=1S/C16H11N3O2/c17-9-12-3-1-5-15(8-12)19-16(21)14-7-13(4-2-6-20)10-18-11-14/h1,3,5,7-8,10-11,20H,6H2,(H,19,21). The molecule has 0 unspecified atom stereocenters. The fourth-order valence-corrected chi connectivity index (χ4v) is 1.64. The van der Waals surface area contributed by atoms with E-state index in [9.17, 15) is 4.79 Å². The molecule has 1 aromatic heterocycles. The van der Waals surface area contributed by atoms with Crippen LogP contribution in [-0.4, -0.2) is 22.6 Å². The molecule has 1 amide bonds. The van der Waals surface area contributed by atoms with Crippen molar-refractivity contribution in [3.05, 3.63) is 59.4 Å². The Morgan fingerprint density at radius 1 is 1.29 bits per heavy atom. The van der Waals surface area contributed by atoms with Gasteiger partial charge in [0.1, 0.15) is 6.61 Å². The fraction of sp³-hybridized carbons (Fsp3) is 0.0625. The molecule has 5 heteroatoms. The largest absolute Gasteiger partial charge is 0.384 e. The topological polar surface area (TPSA) is 86.0 Å². The van der Waals surface area contributed by atoms with Gasteiger partial charge in [0.2, 0.25) is 0 Å². The number of amides is 1. The number of rotatable bonds is 2. The lowest BCUT2D eigenvalue weighted by molar-refractivity contribution is 0.102. The minimum absolute atomic E-state index is 0.253. The van der Waals surface area contributed by atoms with Gasteiger partial charge < -0.3 is 10.4 Å². The Bertz CT molecular complexity index is 767. The Labute approximate surface area is 121 Å². The summed E-state index contributed by atoms with van der Waals surface area (Å²) < 4.78 is 0. The number of aliphatic hydroxyl groups excluding tert-OH is 1. The zero-order valence-electron chi connectivity index (χ0n) is 11.0. The van der Waals surface area contributed by atoms with E-state index < -0.39 is 0 Å². The summed E-state index contributed by atoms with van der Waals surface area (Å²) in [6, 6.07) is 10.2. The number of aliphatic hydroxyl groups is 1. The third-order valence-electron chi connectivity index (χ3n) is 2.56. The zero-order valence-corrected chi connectivity index (χ0v) is 11.0. The Kier molecular flexibility index (Phi) is 4.66. The number of carbonyl (C=O) groups is 1. The van der Waals surface area contributed by atoms with Crippen LogP contribution in [0.2, 0.25) is 0 Å². The van der Waals surface area contributed by atoms with Crippen LogP contribution in [0.4, 0.5) is 5.69 Å². The molecule has 102 valence electrons. The molecular formula is C16H11N3O2. The van der Waals surface area contributed by atoms with Gasteiger partial charge >= 0.3 is 0 Å². The van der Waals surface area contributed by atoms with Crippen LogP contribution >= 0.6 is 0 Å². The van der Waals surface area contributed by atoms with Crippen LogP contribution in [0.3, 0.4) is 0 Å². The van der Waals surface area contributed by atoms with Gasteiger partial charge in [0, 0.05) is 23.6 Å². The van der Waals surface area contributed by atoms with E-state index >= 15 is 0 Å². The van der Waals surface area contributed by atoms with Gasteiger partial charge in [0.05, 0.1) is 17.2 Å². The molecule has 0 aliphatic carbocycles. The molecule has 1 aromatic carbocycles. The first-order valence-electron chi connectivity index (χ1n) is 6.09. The van der Waals surface area contributed by atoms with Gasteiger partial charge in [-0.25, -0.2) is 0 Å². The molecule has 0 aliphatic rings. The maximum Gasteiger partial charge on any atom is 0.257 e. The molecule has 0 aliphatic heterocycles. The number of hydrogen-bond acceptors (Lipinski definition) is 4. The van der Waals surface area contributed by atoms with Crippen molar-refractivity contribution in [1.82, 2.24) is 4.98 Å². The highest BCUT2D eigenvalue weighted by molar-refractivity contribution is 6.04. The van der Waals surface area contributed by atoms with Crippen molar-refractivity contribution in [2.75, 3.05) is 11.9 Å². The van der Waals surface area contributed by atoms with Gasteiger partial charge in [-0.1, -0.05) is 17.9 Å². The Balaban J connectivity index is 2.18. The first-order valence-corrected chi connectivity index (χ1v) is 6.09. The molecule has 0 atom stereocenters. The summed E-state index contributed by atoms with van der Waals surface area (Å²) in [6.07, 6.45) is 2.93. The molecule has 0 saturated heterocycles. The van der Waals surface area contributed by atoms with Crippen molar-refractivity contribution in [2.45, 2.75) is 0 Å². The van der Waals surface area contributed by atoms with Gasteiger partial charge in [0.25, 0.3) is 5.91 Å². The predicted octanol–water partition coefficient (Wildman–Crippen LogP) is 1.55. The number of aromatic nitrogens is 1. The number of benzene rings is 1. The molecule has 2 aromatic rings. The van der Waals surface area contributed by atoms with E-state index in [1.165, 1.54) is 12.4 Å². The average Bonchev–Trinajstić information content (AvgIpc) is 2.53. The monoisotopic (exact) mass is 277 g/mol. The van der Waals surface area contributed by atoms with Crippen LogP contribution in [0.25, 0.3) is 0 Å². The van der Waals surface area contributed by atoms with E-state index in [1.54, 1.807) is 30.3 Å². The smallest absolute Gasteiger partial charge is 0.257 e. The molecule has 0 radical (unpaired) electrons. The number of nitriles is 1. The highest BCUT2D eigenvalue weighted by Crippen LogP contribution is 2.12. The maximum atomic E-state index is 12.1. The van der Waals surface area contributed by atoms with Crippen molar-refractivity contribution < 1.29 is 9.90 Å². The first kappa shape index (κ1) is 14.3. The van der Waals surface area contributed by atoms with Crippen LogP contribution in [-0.2, 0) is 0 Å². The SMILES string of the molecule is N#Cc1cccc(NC(=O)c2cncc(C#CCO)c2)c1. The van der Waals surface area contributed by atoms with Crippen molar-refractivity contribution >= 4 is 11.6 Å². The minimum atomic E-state index is -0.342. The van der Waals surface area contributed by atoms with E-state index in [4.69, 9.17) is 10.4 Å². The lowest BCUT2D eigenvalue weighted by atomic mass is 10.2. The summed E-state index contributed by atoms with van der Waals surface area (Å²) in [5, 5.41) is 20.2. The third kappa shape index (κ3) is 3.90. The molecule has 21 heavy (non-hydrogen) atoms. The Morgan fingerprint density at radius 2 is 2.14 bits per heavy atom. The van der Waals surface area contributed by atoms with Crippen LogP contribution in [0.5, 0.6) is 0 Å². The minimum Gasteiger partial charge on any atom is -0.384 e. The highest BCUT2D eigenvalue weighted by atomic mass is 16.2. The predicted molar refractivity (Wildman–Crippen MR) is 77.3 cm³/mol. The summed E-state index contributed by atoms with van der Waals surface area (Å²) in [4.78, 5) is 16.0. The van der Waals surface area contributed by atoms with Crippen LogP contribution < -0.4 is 5.32 Å². The number of anilines is 1. The lowest BCUT2D eigenvalue weighted by Crippen LogP contribution is -2.12. The van der Waals surface area contributed by atoms with E-state index in [-0.39, 0.29) is 12.5 Å². The van der Waals surface area contributed by atoms with Gasteiger partial charge in [-0.15, -0.1) is 0 Å². The lowest BCUT2D eigenvalue weighted by Gasteiger charge is -2.05. The van der Waals surface area contributed by atoms with Gasteiger partial charge in [-0.2, -0.15) is 5.26 Å². The maximum absolute atomic E-state index is 12.1. The second-order valence-corrected chi connectivity index (χ2v) is 4.07. The van der Waals surface area contributed by atoms with Crippen molar-refractivity contribution in [3.63, 3.8) is 0 Å². The van der Waals surface area contributed by atoms with Crippen LogP contribution in [0.15, 0.2) is 42.7 Å². The highest BCUT2D eigenvalue weighted by Gasteiger charge is 2.07. The van der Waals surface area contributed by atoms with Crippen LogP contribution in [0.1, 0.15) is 21.5 Å². The quantitative estimate of drug-likeness (QED) is 0.815. The fourth-order valence-electron chi connectivity index (χ4n) is 1.64. The normalized spacial score (nSPS) is 9.14. The Hall–Kier alpha value is -3.15. The molecular weight excluding hydrogens is 266 g/mol. The number of pyridine rings is 1. The molecule has 0 fully saturated rings. The molecule has 0 bridgehead atoms. The third-order valence-corrected chi connectivity index (χ3v) is 2.56. The number of nitrogens with zero attached hydrogens (tertiary/aromatic N) is 2. The molecule has 2 N–H and O–H groups in total.